The van der Waals surface area contributed by atoms with Crippen molar-refractivity contribution in [2.45, 2.75) is 18.9 Å². The summed E-state index contributed by atoms with van der Waals surface area (Å²) in [6.07, 6.45) is 1.38. The first-order valence-corrected chi connectivity index (χ1v) is 8.91. The van der Waals surface area contributed by atoms with Gasteiger partial charge in [-0.2, -0.15) is 0 Å². The molecule has 7 heteroatoms. The van der Waals surface area contributed by atoms with Gasteiger partial charge in [-0.1, -0.05) is 17.3 Å². The molecule has 0 radical (unpaired) electrons. The monoisotopic (exact) mass is 373 g/mol. The zero-order chi connectivity index (χ0) is 19.0. The second-order valence-electron chi connectivity index (χ2n) is 6.87. The lowest BCUT2D eigenvalue weighted by Gasteiger charge is -2.33. The zero-order valence-electron chi connectivity index (χ0n) is 15.3. The van der Waals surface area contributed by atoms with Crippen molar-refractivity contribution in [2.75, 3.05) is 27.5 Å². The standard InChI is InChI=1S/C20H21FN2O4/c1-23-8-7-13-9-17-19(27-11-26-17)20(25-2)18(13)16(23)10-15(22-24)12-3-5-14(21)6-4-12/h3-6,9,16,24H,7-8,10-11H2,1-2H3/p+1/b22-15+/t16-/m0/s1. The quantitative estimate of drug-likeness (QED) is 0.488. The Bertz CT molecular complexity index is 883. The third-order valence-corrected chi connectivity index (χ3v) is 5.38. The maximum atomic E-state index is 13.2. The Kier molecular flexibility index (Phi) is 4.61. The molecule has 2 atom stereocenters. The number of rotatable bonds is 4. The van der Waals surface area contributed by atoms with Crippen LogP contribution in [-0.2, 0) is 6.42 Å². The minimum Gasteiger partial charge on any atom is -0.492 e. The number of nitrogens with zero attached hydrogens (tertiary/aromatic N) is 1. The molecule has 0 aliphatic carbocycles. The van der Waals surface area contributed by atoms with E-state index in [4.69, 9.17) is 14.2 Å². The van der Waals surface area contributed by atoms with Gasteiger partial charge in [-0.25, -0.2) is 4.39 Å². The van der Waals surface area contributed by atoms with Gasteiger partial charge in [-0.15, -0.1) is 0 Å². The van der Waals surface area contributed by atoms with E-state index in [1.807, 2.05) is 6.07 Å². The molecule has 27 heavy (non-hydrogen) atoms. The second kappa shape index (κ2) is 7.08. The molecule has 2 aromatic rings. The van der Waals surface area contributed by atoms with E-state index in [9.17, 15) is 9.60 Å². The van der Waals surface area contributed by atoms with Crippen LogP contribution in [0.2, 0.25) is 0 Å². The molecule has 2 N–H and O–H groups in total. The predicted molar refractivity (Wildman–Crippen MR) is 96.7 cm³/mol. The minimum atomic E-state index is -0.323. The summed E-state index contributed by atoms with van der Waals surface area (Å²) in [5.41, 5.74) is 3.40. The fraction of sp³-hybridized carbons (Fsp3) is 0.350. The van der Waals surface area contributed by atoms with Crippen LogP contribution >= 0.6 is 0 Å². The summed E-state index contributed by atoms with van der Waals surface area (Å²) in [7, 11) is 3.73. The molecule has 142 valence electrons. The van der Waals surface area contributed by atoms with Gasteiger partial charge < -0.3 is 24.3 Å². The van der Waals surface area contributed by atoms with Gasteiger partial charge in [0.2, 0.25) is 12.5 Å². The highest BCUT2D eigenvalue weighted by Gasteiger charge is 2.37. The first-order valence-electron chi connectivity index (χ1n) is 8.91. The molecule has 2 aliphatic rings. The zero-order valence-corrected chi connectivity index (χ0v) is 15.3. The average molecular weight is 373 g/mol. The van der Waals surface area contributed by atoms with Crippen molar-refractivity contribution < 1.29 is 28.7 Å². The van der Waals surface area contributed by atoms with Crippen LogP contribution in [0.4, 0.5) is 4.39 Å². The van der Waals surface area contributed by atoms with Crippen molar-refractivity contribution in [3.63, 3.8) is 0 Å². The van der Waals surface area contributed by atoms with Crippen LogP contribution in [0.1, 0.15) is 29.2 Å². The van der Waals surface area contributed by atoms with Gasteiger partial charge in [0.1, 0.15) is 11.9 Å². The number of hydrogen-bond donors (Lipinski definition) is 2. The van der Waals surface area contributed by atoms with E-state index in [1.165, 1.54) is 17.0 Å². The van der Waals surface area contributed by atoms with Crippen molar-refractivity contribution in [3.8, 4) is 17.2 Å². The Morgan fingerprint density at radius 3 is 2.81 bits per heavy atom. The van der Waals surface area contributed by atoms with Crippen LogP contribution in [0.5, 0.6) is 17.2 Å². The molecule has 2 aromatic carbocycles. The van der Waals surface area contributed by atoms with E-state index in [0.717, 1.165) is 24.1 Å². The molecule has 0 fully saturated rings. The van der Waals surface area contributed by atoms with Crippen molar-refractivity contribution in [1.82, 2.24) is 0 Å². The number of hydrogen-bond acceptors (Lipinski definition) is 5. The Morgan fingerprint density at radius 1 is 1.33 bits per heavy atom. The van der Waals surface area contributed by atoms with Crippen LogP contribution in [0.15, 0.2) is 35.5 Å². The molecule has 0 spiro atoms. The van der Waals surface area contributed by atoms with Gasteiger partial charge in [0, 0.05) is 6.42 Å². The summed E-state index contributed by atoms with van der Waals surface area (Å²) in [6, 6.07) is 8.01. The summed E-state index contributed by atoms with van der Waals surface area (Å²) >= 11 is 0. The van der Waals surface area contributed by atoms with E-state index >= 15 is 0 Å². The predicted octanol–water partition coefficient (Wildman–Crippen LogP) is 1.94. The molecular formula is C20H22FN2O4+. The Labute approximate surface area is 156 Å². The number of quaternary nitrogens is 1. The number of methoxy groups -OCH3 is 1. The van der Waals surface area contributed by atoms with E-state index < -0.39 is 0 Å². The van der Waals surface area contributed by atoms with E-state index in [2.05, 4.69) is 12.2 Å². The maximum absolute atomic E-state index is 13.2. The minimum absolute atomic E-state index is 0.00848. The number of likely N-dealkylation sites (N-methyl/N-ethyl adjacent to an activating group) is 1. The van der Waals surface area contributed by atoms with Gasteiger partial charge in [-0.3, -0.25) is 0 Å². The number of nitrogens with one attached hydrogen (secondary N) is 1. The maximum Gasteiger partial charge on any atom is 0.231 e. The average Bonchev–Trinajstić information content (AvgIpc) is 3.15. The Hall–Kier alpha value is -2.80. The number of halogens is 1. The number of ether oxygens (including phenoxy) is 3. The van der Waals surface area contributed by atoms with E-state index in [0.29, 0.717) is 34.9 Å². The molecule has 1 unspecified atom stereocenters. The molecule has 0 aromatic heterocycles. The van der Waals surface area contributed by atoms with Crippen LogP contribution in [0.3, 0.4) is 0 Å². The largest absolute Gasteiger partial charge is 0.492 e. The summed E-state index contributed by atoms with van der Waals surface area (Å²) in [5.74, 6) is 1.69. The van der Waals surface area contributed by atoms with Gasteiger partial charge in [0.15, 0.2) is 11.5 Å². The Balaban J connectivity index is 1.75. The molecule has 0 saturated carbocycles. The van der Waals surface area contributed by atoms with Gasteiger partial charge in [0.05, 0.1) is 38.4 Å². The number of benzene rings is 2. The fourth-order valence-electron chi connectivity index (χ4n) is 3.95. The number of fused-ring (bicyclic) bond motifs is 2. The third-order valence-electron chi connectivity index (χ3n) is 5.38. The first-order chi connectivity index (χ1) is 13.1. The molecule has 2 heterocycles. The van der Waals surface area contributed by atoms with Crippen LogP contribution in [0, 0.1) is 5.82 Å². The van der Waals surface area contributed by atoms with E-state index in [-0.39, 0.29) is 18.7 Å². The molecule has 2 aliphatic heterocycles. The lowest BCUT2D eigenvalue weighted by atomic mass is 9.87. The Morgan fingerprint density at radius 2 is 2.11 bits per heavy atom. The summed E-state index contributed by atoms with van der Waals surface area (Å²) < 4.78 is 30.1. The smallest absolute Gasteiger partial charge is 0.231 e. The highest BCUT2D eigenvalue weighted by Crippen LogP contribution is 2.47. The molecular weight excluding hydrogens is 351 g/mol. The van der Waals surface area contributed by atoms with E-state index in [1.54, 1.807) is 19.2 Å². The molecule has 6 nitrogen and oxygen atoms in total. The topological polar surface area (TPSA) is 64.7 Å². The highest BCUT2D eigenvalue weighted by atomic mass is 19.1. The van der Waals surface area contributed by atoms with Crippen molar-refractivity contribution in [2.24, 2.45) is 5.16 Å². The SMILES string of the molecule is COc1c2c(cc3c1[C@H](C/C(=N\O)c1ccc(F)cc1)[NH+](C)CC3)OCO2. The summed E-state index contributed by atoms with van der Waals surface area (Å²) in [5, 5.41) is 13.1. The lowest BCUT2D eigenvalue weighted by molar-refractivity contribution is -0.913. The van der Waals surface area contributed by atoms with Gasteiger partial charge >= 0.3 is 0 Å². The van der Waals surface area contributed by atoms with Crippen molar-refractivity contribution in [3.05, 3.63) is 52.8 Å². The molecule has 0 saturated heterocycles. The molecule has 4 rings (SSSR count). The van der Waals surface area contributed by atoms with Crippen LogP contribution in [-0.4, -0.2) is 38.4 Å². The fourth-order valence-corrected chi connectivity index (χ4v) is 3.95. The summed E-state index contributed by atoms with van der Waals surface area (Å²) in [4.78, 5) is 1.28. The highest BCUT2D eigenvalue weighted by molar-refractivity contribution is 6.00. The second-order valence-corrected chi connectivity index (χ2v) is 6.87. The van der Waals surface area contributed by atoms with Gasteiger partial charge in [0.25, 0.3) is 0 Å². The van der Waals surface area contributed by atoms with Crippen molar-refractivity contribution in [1.29, 1.82) is 0 Å². The summed E-state index contributed by atoms with van der Waals surface area (Å²) in [6.45, 7) is 1.11. The third kappa shape index (κ3) is 3.08. The van der Waals surface area contributed by atoms with Crippen molar-refractivity contribution >= 4 is 5.71 Å². The van der Waals surface area contributed by atoms with Crippen LogP contribution < -0.4 is 19.1 Å². The molecule has 0 amide bonds. The number of oxime groups is 1. The normalized spacial score (nSPS) is 21.1. The molecule has 0 bridgehead atoms. The first kappa shape index (κ1) is 17.6. The lowest BCUT2D eigenvalue weighted by Crippen LogP contribution is -3.10. The van der Waals surface area contributed by atoms with Gasteiger partial charge in [-0.05, 0) is 29.3 Å². The van der Waals surface area contributed by atoms with Crippen LogP contribution in [0.25, 0.3) is 0 Å².